The zero-order chi connectivity index (χ0) is 12.1. The molecule has 1 rings (SSSR count). The number of urea groups is 1. The molecule has 0 aliphatic carbocycles. The number of rotatable bonds is 4. The predicted molar refractivity (Wildman–Crippen MR) is 57.3 cm³/mol. The lowest BCUT2D eigenvalue weighted by Crippen LogP contribution is -2.36. The van der Waals surface area contributed by atoms with Gasteiger partial charge in [0.05, 0.1) is 12.3 Å². The van der Waals surface area contributed by atoms with E-state index in [9.17, 15) is 9.59 Å². The normalized spacial score (nSPS) is 10.1. The van der Waals surface area contributed by atoms with Crippen LogP contribution in [0.25, 0.3) is 0 Å². The van der Waals surface area contributed by atoms with Crippen LogP contribution in [0.3, 0.4) is 0 Å². The average Bonchev–Trinajstić information content (AvgIpc) is 2.55. The number of aromatic nitrogens is 3. The smallest absolute Gasteiger partial charge is 0.318 e. The molecule has 0 radical (unpaired) electrons. The van der Waals surface area contributed by atoms with E-state index in [0.29, 0.717) is 11.0 Å². The molecule has 0 unspecified atom stereocenters. The summed E-state index contributed by atoms with van der Waals surface area (Å²) in [6, 6.07) is -0.869. The van der Waals surface area contributed by atoms with E-state index in [1.54, 1.807) is 11.6 Å². The number of carbonyl (C=O) groups excluding carboxylic acids is 2. The van der Waals surface area contributed by atoms with Crippen LogP contribution < -0.4 is 16.8 Å². The Kier molecular flexibility index (Phi) is 4.26. The largest absolute Gasteiger partial charge is 0.351 e. The molecule has 0 spiro atoms. The van der Waals surface area contributed by atoms with Crippen molar-refractivity contribution in [2.45, 2.75) is 11.7 Å². The molecule has 0 fully saturated rings. The third-order valence-corrected chi connectivity index (χ3v) is 2.72. The van der Waals surface area contributed by atoms with Crippen LogP contribution in [-0.2, 0) is 18.4 Å². The summed E-state index contributed by atoms with van der Waals surface area (Å²) in [5.74, 6) is 0.187. The molecule has 5 N–H and O–H groups in total. The Morgan fingerprint density at radius 1 is 1.50 bits per heavy atom. The average molecular weight is 244 g/mol. The fourth-order valence-corrected chi connectivity index (χ4v) is 1.68. The molecule has 88 valence electrons. The number of carbonyl (C=O) groups is 2. The molecule has 3 amide bonds. The van der Waals surface area contributed by atoms with Gasteiger partial charge < -0.3 is 16.0 Å². The molecule has 1 aromatic rings. The number of thioether (sulfide) groups is 1. The van der Waals surface area contributed by atoms with Gasteiger partial charge in [-0.15, -0.1) is 10.2 Å². The van der Waals surface area contributed by atoms with Gasteiger partial charge in [-0.1, -0.05) is 11.8 Å². The number of imide groups is 1. The predicted octanol–water partition coefficient (Wildman–Crippen LogP) is -1.44. The van der Waals surface area contributed by atoms with Gasteiger partial charge in [0.2, 0.25) is 5.91 Å². The van der Waals surface area contributed by atoms with Gasteiger partial charge in [0.15, 0.2) is 5.16 Å². The molecule has 8 nitrogen and oxygen atoms in total. The first-order valence-electron chi connectivity index (χ1n) is 4.35. The Morgan fingerprint density at radius 2 is 2.19 bits per heavy atom. The topological polar surface area (TPSA) is 129 Å². The van der Waals surface area contributed by atoms with Gasteiger partial charge in [0.1, 0.15) is 5.82 Å². The summed E-state index contributed by atoms with van der Waals surface area (Å²) in [6.07, 6.45) is 0. The molecule has 0 saturated heterocycles. The molecule has 0 bridgehead atoms. The highest BCUT2D eigenvalue weighted by atomic mass is 32.2. The summed E-state index contributed by atoms with van der Waals surface area (Å²) in [7, 11) is 1.75. The zero-order valence-corrected chi connectivity index (χ0v) is 9.45. The Bertz CT molecular complexity index is 404. The van der Waals surface area contributed by atoms with Gasteiger partial charge in [0, 0.05) is 7.05 Å². The molecule has 0 atom stereocenters. The van der Waals surface area contributed by atoms with Crippen LogP contribution in [0, 0.1) is 0 Å². The van der Waals surface area contributed by atoms with E-state index in [1.165, 1.54) is 0 Å². The first-order valence-corrected chi connectivity index (χ1v) is 5.33. The maximum absolute atomic E-state index is 11.1. The van der Waals surface area contributed by atoms with Gasteiger partial charge in [-0.3, -0.25) is 10.1 Å². The van der Waals surface area contributed by atoms with Gasteiger partial charge >= 0.3 is 6.03 Å². The first-order chi connectivity index (χ1) is 7.54. The Hall–Kier alpha value is -1.61. The van der Waals surface area contributed by atoms with Gasteiger partial charge in [-0.05, 0) is 0 Å². The van der Waals surface area contributed by atoms with Gasteiger partial charge in [-0.25, -0.2) is 4.79 Å². The van der Waals surface area contributed by atoms with Crippen LogP contribution in [0.2, 0.25) is 0 Å². The number of nitrogens with two attached hydrogens (primary N) is 2. The zero-order valence-electron chi connectivity index (χ0n) is 8.64. The molecule has 0 aliphatic heterocycles. The lowest BCUT2D eigenvalue weighted by Gasteiger charge is -2.01. The second-order valence-corrected chi connectivity index (χ2v) is 3.81. The fraction of sp³-hybridized carbons (Fsp3) is 0.429. The minimum Gasteiger partial charge on any atom is -0.351 e. The number of nitrogens with zero attached hydrogens (tertiary/aromatic N) is 3. The number of amides is 3. The van der Waals surface area contributed by atoms with Gasteiger partial charge in [0.25, 0.3) is 0 Å². The van der Waals surface area contributed by atoms with E-state index >= 15 is 0 Å². The monoisotopic (exact) mass is 244 g/mol. The Balaban J connectivity index is 2.51. The lowest BCUT2D eigenvalue weighted by molar-refractivity contribution is -0.117. The maximum atomic E-state index is 11.1. The van der Waals surface area contributed by atoms with Crippen molar-refractivity contribution in [3.05, 3.63) is 5.82 Å². The fourth-order valence-electron chi connectivity index (χ4n) is 0.952. The highest BCUT2D eigenvalue weighted by molar-refractivity contribution is 7.99. The molecule has 1 aromatic heterocycles. The Labute approximate surface area is 95.8 Å². The third kappa shape index (κ3) is 3.21. The second-order valence-electron chi connectivity index (χ2n) is 2.86. The van der Waals surface area contributed by atoms with Crippen molar-refractivity contribution < 1.29 is 9.59 Å². The number of hydrogen-bond donors (Lipinski definition) is 3. The standard InChI is InChI=1S/C7H12N6O2S/c1-13-4(2-8)11-12-7(13)16-3-5(14)10-6(9)15/h2-3,8H2,1H3,(H3,9,10,14,15). The van der Waals surface area contributed by atoms with E-state index in [2.05, 4.69) is 10.2 Å². The van der Waals surface area contributed by atoms with Crippen molar-refractivity contribution in [3.8, 4) is 0 Å². The first kappa shape index (κ1) is 12.5. The highest BCUT2D eigenvalue weighted by Gasteiger charge is 2.10. The number of nitrogens with one attached hydrogen (secondary N) is 1. The SMILES string of the molecule is Cn1c(CN)nnc1SCC(=O)NC(N)=O. The van der Waals surface area contributed by atoms with Crippen molar-refractivity contribution in [2.24, 2.45) is 18.5 Å². The van der Waals surface area contributed by atoms with Crippen LogP contribution in [0.4, 0.5) is 4.79 Å². The molecule has 0 aliphatic rings. The van der Waals surface area contributed by atoms with E-state index < -0.39 is 11.9 Å². The quantitative estimate of drug-likeness (QED) is 0.556. The molecule has 0 saturated carbocycles. The van der Waals surface area contributed by atoms with E-state index in [-0.39, 0.29) is 12.3 Å². The van der Waals surface area contributed by atoms with Crippen LogP contribution in [0.15, 0.2) is 5.16 Å². The molecule has 1 heterocycles. The minimum absolute atomic E-state index is 0.0412. The van der Waals surface area contributed by atoms with E-state index in [1.807, 2.05) is 5.32 Å². The lowest BCUT2D eigenvalue weighted by atomic mass is 10.6. The Morgan fingerprint density at radius 3 is 2.69 bits per heavy atom. The van der Waals surface area contributed by atoms with Crippen LogP contribution in [-0.4, -0.2) is 32.5 Å². The van der Waals surface area contributed by atoms with E-state index in [0.717, 1.165) is 11.8 Å². The van der Waals surface area contributed by atoms with E-state index in [4.69, 9.17) is 11.5 Å². The van der Waals surface area contributed by atoms with Crippen molar-refractivity contribution in [1.82, 2.24) is 20.1 Å². The summed E-state index contributed by atoms with van der Waals surface area (Å²) in [5, 5.41) is 10.2. The van der Waals surface area contributed by atoms with Crippen LogP contribution in [0.5, 0.6) is 0 Å². The molecular formula is C7H12N6O2S. The highest BCUT2D eigenvalue weighted by Crippen LogP contribution is 2.14. The number of primary amides is 1. The summed E-state index contributed by atoms with van der Waals surface area (Å²) in [5.41, 5.74) is 10.2. The molecule has 16 heavy (non-hydrogen) atoms. The summed E-state index contributed by atoms with van der Waals surface area (Å²) >= 11 is 1.15. The third-order valence-electron chi connectivity index (χ3n) is 1.70. The number of hydrogen-bond acceptors (Lipinski definition) is 6. The summed E-state index contributed by atoms with van der Waals surface area (Å²) < 4.78 is 1.68. The second kappa shape index (κ2) is 5.47. The maximum Gasteiger partial charge on any atom is 0.318 e. The summed E-state index contributed by atoms with van der Waals surface area (Å²) in [6.45, 7) is 0.275. The molecular weight excluding hydrogens is 232 g/mol. The van der Waals surface area contributed by atoms with Crippen molar-refractivity contribution in [1.29, 1.82) is 0 Å². The molecule has 9 heteroatoms. The van der Waals surface area contributed by atoms with Crippen molar-refractivity contribution in [2.75, 3.05) is 5.75 Å². The van der Waals surface area contributed by atoms with Crippen molar-refractivity contribution >= 4 is 23.7 Å². The molecule has 0 aromatic carbocycles. The van der Waals surface area contributed by atoms with Crippen molar-refractivity contribution in [3.63, 3.8) is 0 Å². The summed E-state index contributed by atoms with van der Waals surface area (Å²) in [4.78, 5) is 21.5. The van der Waals surface area contributed by atoms with Gasteiger partial charge in [-0.2, -0.15) is 0 Å². The minimum atomic E-state index is -0.869. The van der Waals surface area contributed by atoms with Crippen LogP contribution >= 0.6 is 11.8 Å². The van der Waals surface area contributed by atoms with Crippen LogP contribution in [0.1, 0.15) is 5.82 Å².